The number of rotatable bonds is 2. The van der Waals surface area contributed by atoms with Gasteiger partial charge >= 0.3 is 0 Å². The van der Waals surface area contributed by atoms with E-state index in [-0.39, 0.29) is 13.0 Å². The van der Waals surface area contributed by atoms with Crippen LogP contribution in [-0.2, 0) is 9.47 Å². The third-order valence-corrected chi connectivity index (χ3v) is 2.01. The Labute approximate surface area is 70.5 Å². The Hall–Kier alpha value is -0.200. The number of hydrogen-bond donors (Lipinski definition) is 3. The Morgan fingerprint density at radius 3 is 2.67 bits per heavy atom. The van der Waals surface area contributed by atoms with E-state index in [1.54, 1.807) is 0 Å². The minimum absolute atomic E-state index is 0.230. The molecular formula is C7H14O5. The molecule has 1 rings (SSSR count). The quantitative estimate of drug-likeness (QED) is 0.477. The van der Waals surface area contributed by atoms with E-state index in [1.165, 1.54) is 7.11 Å². The van der Waals surface area contributed by atoms with Gasteiger partial charge in [-0.3, -0.25) is 0 Å². The van der Waals surface area contributed by atoms with Crippen LogP contribution in [0.25, 0.3) is 0 Å². The lowest BCUT2D eigenvalue weighted by Gasteiger charge is -2.35. The van der Waals surface area contributed by atoms with Crippen molar-refractivity contribution in [3.8, 4) is 0 Å². The molecule has 5 heteroatoms. The molecular weight excluding hydrogens is 164 g/mol. The minimum atomic E-state index is -0.963. The lowest BCUT2D eigenvalue weighted by atomic mass is 10.0. The Morgan fingerprint density at radius 1 is 1.50 bits per heavy atom. The molecule has 0 amide bonds. The van der Waals surface area contributed by atoms with Crippen molar-refractivity contribution in [2.45, 2.75) is 31.0 Å². The van der Waals surface area contributed by atoms with E-state index in [0.29, 0.717) is 0 Å². The number of hydrogen-bond acceptors (Lipinski definition) is 5. The number of methoxy groups -OCH3 is 1. The Morgan fingerprint density at radius 2 is 2.17 bits per heavy atom. The van der Waals surface area contributed by atoms with Crippen molar-refractivity contribution in [2.24, 2.45) is 0 Å². The Balaban J connectivity index is 2.55. The predicted octanol–water partition coefficient (Wildman–Crippen LogP) is -1.54. The van der Waals surface area contributed by atoms with Gasteiger partial charge in [0.2, 0.25) is 0 Å². The van der Waals surface area contributed by atoms with Crippen LogP contribution < -0.4 is 0 Å². The van der Waals surface area contributed by atoms with E-state index >= 15 is 0 Å². The summed E-state index contributed by atoms with van der Waals surface area (Å²) in [5.41, 5.74) is 0. The average molecular weight is 178 g/mol. The van der Waals surface area contributed by atoms with Crippen LogP contribution in [0.3, 0.4) is 0 Å². The van der Waals surface area contributed by atoms with Crippen LogP contribution in [0.4, 0.5) is 0 Å². The molecule has 12 heavy (non-hydrogen) atoms. The molecule has 0 radical (unpaired) electrons. The summed E-state index contributed by atoms with van der Waals surface area (Å²) < 4.78 is 9.76. The summed E-state index contributed by atoms with van der Waals surface area (Å²) in [5.74, 6) is 0. The summed E-state index contributed by atoms with van der Waals surface area (Å²) in [6, 6.07) is 0. The van der Waals surface area contributed by atoms with E-state index in [9.17, 15) is 5.11 Å². The molecule has 0 bridgehead atoms. The van der Waals surface area contributed by atoms with Crippen molar-refractivity contribution < 1.29 is 24.8 Å². The SMILES string of the molecule is COC1CC(O)OC(CO)C1O. The van der Waals surface area contributed by atoms with Crippen molar-refractivity contribution in [3.05, 3.63) is 0 Å². The summed E-state index contributed by atoms with van der Waals surface area (Å²) in [4.78, 5) is 0. The maximum Gasteiger partial charge on any atom is 0.157 e. The highest BCUT2D eigenvalue weighted by Gasteiger charge is 2.36. The first-order chi connectivity index (χ1) is 5.69. The monoisotopic (exact) mass is 178 g/mol. The van der Waals surface area contributed by atoms with Gasteiger partial charge in [-0.25, -0.2) is 0 Å². The Kier molecular flexibility index (Phi) is 3.42. The van der Waals surface area contributed by atoms with Gasteiger partial charge in [-0.1, -0.05) is 0 Å². The van der Waals surface area contributed by atoms with Gasteiger partial charge in [0.15, 0.2) is 6.29 Å². The fourth-order valence-corrected chi connectivity index (χ4v) is 1.30. The zero-order chi connectivity index (χ0) is 9.14. The van der Waals surface area contributed by atoms with Gasteiger partial charge in [0.1, 0.15) is 12.2 Å². The standard InChI is InChI=1S/C7H14O5/c1-11-4-2-6(9)12-5(3-8)7(4)10/h4-10H,2-3H2,1H3. The largest absolute Gasteiger partial charge is 0.394 e. The van der Waals surface area contributed by atoms with Crippen molar-refractivity contribution in [1.29, 1.82) is 0 Å². The molecule has 0 aromatic carbocycles. The number of aliphatic hydroxyl groups excluding tert-OH is 3. The number of aliphatic hydroxyl groups is 3. The lowest BCUT2D eigenvalue weighted by Crippen LogP contribution is -2.50. The Bertz CT molecular complexity index is 126. The summed E-state index contributed by atoms with van der Waals surface area (Å²) >= 11 is 0. The molecule has 0 aliphatic carbocycles. The highest BCUT2D eigenvalue weighted by Crippen LogP contribution is 2.20. The molecule has 0 saturated carbocycles. The van der Waals surface area contributed by atoms with Gasteiger partial charge in [0.05, 0.1) is 12.7 Å². The van der Waals surface area contributed by atoms with Crippen LogP contribution in [0.5, 0.6) is 0 Å². The molecule has 1 heterocycles. The third kappa shape index (κ3) is 1.94. The van der Waals surface area contributed by atoms with Crippen LogP contribution in [0.2, 0.25) is 0 Å². The second kappa shape index (κ2) is 4.15. The normalized spacial score (nSPS) is 43.0. The van der Waals surface area contributed by atoms with Crippen LogP contribution in [0.1, 0.15) is 6.42 Å². The zero-order valence-electron chi connectivity index (χ0n) is 6.88. The van der Waals surface area contributed by atoms with Crippen LogP contribution in [0.15, 0.2) is 0 Å². The zero-order valence-corrected chi connectivity index (χ0v) is 6.88. The lowest BCUT2D eigenvalue weighted by molar-refractivity contribution is -0.243. The van der Waals surface area contributed by atoms with E-state index in [2.05, 4.69) is 0 Å². The summed E-state index contributed by atoms with van der Waals surface area (Å²) in [6.45, 7) is -0.321. The molecule has 1 aliphatic rings. The second-order valence-electron chi connectivity index (χ2n) is 2.81. The van der Waals surface area contributed by atoms with Gasteiger partial charge in [-0.15, -0.1) is 0 Å². The molecule has 1 saturated heterocycles. The summed E-state index contributed by atoms with van der Waals surface area (Å²) in [7, 11) is 1.44. The average Bonchev–Trinajstić information content (AvgIpc) is 2.08. The van der Waals surface area contributed by atoms with Gasteiger partial charge in [-0.2, -0.15) is 0 Å². The van der Waals surface area contributed by atoms with Crippen molar-refractivity contribution in [3.63, 3.8) is 0 Å². The van der Waals surface area contributed by atoms with Crippen molar-refractivity contribution in [1.82, 2.24) is 0 Å². The minimum Gasteiger partial charge on any atom is -0.394 e. The fraction of sp³-hybridized carbons (Fsp3) is 1.00. The summed E-state index contributed by atoms with van der Waals surface area (Å²) in [6.07, 6.45) is -2.82. The van der Waals surface area contributed by atoms with Crippen LogP contribution >= 0.6 is 0 Å². The highest BCUT2D eigenvalue weighted by molar-refractivity contribution is 4.82. The fourth-order valence-electron chi connectivity index (χ4n) is 1.30. The third-order valence-electron chi connectivity index (χ3n) is 2.01. The molecule has 72 valence electrons. The molecule has 0 spiro atoms. The molecule has 0 aromatic rings. The smallest absolute Gasteiger partial charge is 0.157 e. The van der Waals surface area contributed by atoms with Crippen LogP contribution in [0, 0.1) is 0 Å². The molecule has 5 nitrogen and oxygen atoms in total. The maximum absolute atomic E-state index is 9.43. The first kappa shape index (κ1) is 9.88. The van der Waals surface area contributed by atoms with E-state index in [0.717, 1.165) is 0 Å². The van der Waals surface area contributed by atoms with E-state index in [1.807, 2.05) is 0 Å². The molecule has 0 aromatic heterocycles. The van der Waals surface area contributed by atoms with Gasteiger partial charge < -0.3 is 24.8 Å². The second-order valence-corrected chi connectivity index (χ2v) is 2.81. The first-order valence-corrected chi connectivity index (χ1v) is 3.84. The molecule has 1 aliphatic heterocycles. The van der Waals surface area contributed by atoms with Gasteiger partial charge in [0.25, 0.3) is 0 Å². The van der Waals surface area contributed by atoms with Crippen molar-refractivity contribution >= 4 is 0 Å². The highest BCUT2D eigenvalue weighted by atomic mass is 16.6. The molecule has 3 N–H and O–H groups in total. The molecule has 4 unspecified atom stereocenters. The topological polar surface area (TPSA) is 79.2 Å². The van der Waals surface area contributed by atoms with Gasteiger partial charge in [-0.05, 0) is 0 Å². The first-order valence-electron chi connectivity index (χ1n) is 3.84. The van der Waals surface area contributed by atoms with Crippen LogP contribution in [-0.4, -0.2) is 53.6 Å². The van der Waals surface area contributed by atoms with E-state index in [4.69, 9.17) is 19.7 Å². The van der Waals surface area contributed by atoms with Gasteiger partial charge in [0, 0.05) is 13.5 Å². The molecule has 1 fully saturated rings. The predicted molar refractivity (Wildman–Crippen MR) is 39.4 cm³/mol. The van der Waals surface area contributed by atoms with E-state index < -0.39 is 24.6 Å². The number of ether oxygens (including phenoxy) is 2. The summed E-state index contributed by atoms with van der Waals surface area (Å²) in [5, 5.41) is 27.3. The van der Waals surface area contributed by atoms with Crippen molar-refractivity contribution in [2.75, 3.05) is 13.7 Å². The molecule has 4 atom stereocenters. The maximum atomic E-state index is 9.43.